The standard InChI is InChI=1S/C15H25F3N2O3/c1-11(2)23-10-14-6-4-8-20(14)12(5-7-14)9-22-13(21)19(3)15(16,17)18/h11-12H,4-10H2,1-3H3/t12-,14-/m0/s1. The minimum absolute atomic E-state index is 0.0112. The summed E-state index contributed by atoms with van der Waals surface area (Å²) in [5.74, 6) is 0. The summed E-state index contributed by atoms with van der Waals surface area (Å²) in [4.78, 5) is 13.4. The average Bonchev–Trinajstić information content (AvgIpc) is 3.00. The van der Waals surface area contributed by atoms with E-state index in [4.69, 9.17) is 9.47 Å². The van der Waals surface area contributed by atoms with Gasteiger partial charge in [-0.05, 0) is 46.1 Å². The quantitative estimate of drug-likeness (QED) is 0.723. The van der Waals surface area contributed by atoms with Gasteiger partial charge in [-0.2, -0.15) is 0 Å². The molecule has 5 nitrogen and oxygen atoms in total. The molecule has 2 atom stereocenters. The van der Waals surface area contributed by atoms with Crippen LogP contribution in [0.3, 0.4) is 0 Å². The van der Waals surface area contributed by atoms with Crippen LogP contribution in [-0.2, 0) is 9.47 Å². The SMILES string of the molecule is CC(C)OC[C@@]12CCCN1[C@H](COC(=O)N(C)C(F)(F)F)CC2. The van der Waals surface area contributed by atoms with Crippen molar-refractivity contribution in [3.05, 3.63) is 0 Å². The highest BCUT2D eigenvalue weighted by atomic mass is 19.4. The van der Waals surface area contributed by atoms with Gasteiger partial charge in [0.25, 0.3) is 0 Å². The van der Waals surface area contributed by atoms with E-state index in [1.165, 1.54) is 0 Å². The van der Waals surface area contributed by atoms with E-state index in [2.05, 4.69) is 4.90 Å². The van der Waals surface area contributed by atoms with E-state index in [-0.39, 0.29) is 29.2 Å². The monoisotopic (exact) mass is 338 g/mol. The first-order valence-corrected chi connectivity index (χ1v) is 8.01. The summed E-state index contributed by atoms with van der Waals surface area (Å²) in [5, 5.41) is 0. The third-order valence-electron chi connectivity index (χ3n) is 4.77. The fourth-order valence-electron chi connectivity index (χ4n) is 3.48. The number of ether oxygens (including phenoxy) is 2. The number of amides is 1. The van der Waals surface area contributed by atoms with Crippen molar-refractivity contribution >= 4 is 6.09 Å². The predicted octanol–water partition coefficient (Wildman–Crippen LogP) is 3.00. The van der Waals surface area contributed by atoms with E-state index in [0.717, 1.165) is 32.2 Å². The molecule has 2 saturated heterocycles. The van der Waals surface area contributed by atoms with Crippen LogP contribution in [0.25, 0.3) is 0 Å². The van der Waals surface area contributed by atoms with E-state index >= 15 is 0 Å². The summed E-state index contributed by atoms with van der Waals surface area (Å²) < 4.78 is 48.0. The van der Waals surface area contributed by atoms with Crippen LogP contribution >= 0.6 is 0 Å². The molecule has 0 bridgehead atoms. The molecule has 23 heavy (non-hydrogen) atoms. The number of alkyl halides is 3. The molecule has 2 rings (SSSR count). The van der Waals surface area contributed by atoms with Gasteiger partial charge >= 0.3 is 12.4 Å². The summed E-state index contributed by atoms with van der Waals surface area (Å²) in [6.45, 7) is 5.45. The minimum atomic E-state index is -4.71. The topological polar surface area (TPSA) is 42.0 Å². The molecule has 2 aliphatic rings. The Morgan fingerprint density at radius 3 is 2.70 bits per heavy atom. The van der Waals surface area contributed by atoms with Gasteiger partial charge in [-0.25, -0.2) is 9.69 Å². The largest absolute Gasteiger partial charge is 0.489 e. The summed E-state index contributed by atoms with van der Waals surface area (Å²) >= 11 is 0. The normalized spacial score (nSPS) is 28.2. The van der Waals surface area contributed by atoms with Gasteiger partial charge in [0.1, 0.15) is 6.61 Å². The maximum atomic E-state index is 12.5. The van der Waals surface area contributed by atoms with E-state index in [1.54, 1.807) is 0 Å². The van der Waals surface area contributed by atoms with Crippen molar-refractivity contribution in [2.24, 2.45) is 0 Å². The van der Waals surface area contributed by atoms with Crippen LogP contribution in [-0.4, -0.2) is 66.7 Å². The molecule has 134 valence electrons. The molecule has 0 aromatic carbocycles. The van der Waals surface area contributed by atoms with E-state index in [9.17, 15) is 18.0 Å². The molecule has 0 N–H and O–H groups in total. The van der Waals surface area contributed by atoms with Crippen molar-refractivity contribution in [1.29, 1.82) is 0 Å². The predicted molar refractivity (Wildman–Crippen MR) is 77.9 cm³/mol. The van der Waals surface area contributed by atoms with Gasteiger partial charge in [0, 0.05) is 18.6 Å². The lowest BCUT2D eigenvalue weighted by Crippen LogP contribution is -2.48. The molecule has 2 fully saturated rings. The highest BCUT2D eigenvalue weighted by Gasteiger charge is 2.50. The van der Waals surface area contributed by atoms with Crippen LogP contribution in [0.15, 0.2) is 0 Å². The van der Waals surface area contributed by atoms with Gasteiger partial charge in [-0.15, -0.1) is 13.2 Å². The lowest BCUT2D eigenvalue weighted by Gasteiger charge is -2.35. The molecule has 0 aliphatic carbocycles. The van der Waals surface area contributed by atoms with Crippen LogP contribution in [0.5, 0.6) is 0 Å². The first-order chi connectivity index (χ1) is 10.7. The van der Waals surface area contributed by atoms with Crippen LogP contribution in [0.2, 0.25) is 0 Å². The molecule has 0 aromatic rings. The van der Waals surface area contributed by atoms with Gasteiger partial charge in [-0.3, -0.25) is 4.90 Å². The number of hydrogen-bond acceptors (Lipinski definition) is 4. The fraction of sp³-hybridized carbons (Fsp3) is 0.933. The number of carbonyl (C=O) groups is 1. The lowest BCUT2D eigenvalue weighted by atomic mass is 9.95. The molecule has 0 aromatic heterocycles. The number of fused-ring (bicyclic) bond motifs is 1. The number of nitrogens with zero attached hydrogens (tertiary/aromatic N) is 2. The van der Waals surface area contributed by atoms with Gasteiger partial charge in [-0.1, -0.05) is 0 Å². The molecular formula is C15H25F3N2O3. The highest BCUT2D eigenvalue weighted by molar-refractivity contribution is 5.67. The van der Waals surface area contributed by atoms with Crippen molar-refractivity contribution in [3.8, 4) is 0 Å². The Labute approximate surface area is 134 Å². The van der Waals surface area contributed by atoms with Crippen LogP contribution in [0, 0.1) is 0 Å². The summed E-state index contributed by atoms with van der Waals surface area (Å²) in [6, 6.07) is -0.0288. The van der Waals surface area contributed by atoms with Crippen LogP contribution in [0.4, 0.5) is 18.0 Å². The second kappa shape index (κ2) is 6.84. The third kappa shape index (κ3) is 4.09. The highest BCUT2D eigenvalue weighted by Crippen LogP contribution is 2.42. The van der Waals surface area contributed by atoms with E-state index in [1.807, 2.05) is 13.8 Å². The van der Waals surface area contributed by atoms with Crippen LogP contribution in [0.1, 0.15) is 39.5 Å². The second-order valence-corrected chi connectivity index (χ2v) is 6.68. The maximum absolute atomic E-state index is 12.5. The summed E-state index contributed by atoms with van der Waals surface area (Å²) in [6.07, 6.45) is -2.13. The summed E-state index contributed by atoms with van der Waals surface area (Å²) in [5.41, 5.74) is -0.0444. The Morgan fingerprint density at radius 2 is 2.09 bits per heavy atom. The first kappa shape index (κ1) is 18.3. The molecule has 1 amide bonds. The van der Waals surface area contributed by atoms with E-state index in [0.29, 0.717) is 13.7 Å². The number of halogens is 3. The van der Waals surface area contributed by atoms with Crippen molar-refractivity contribution < 1.29 is 27.4 Å². The Kier molecular flexibility index (Phi) is 5.45. The Hall–Kier alpha value is -1.02. The minimum Gasteiger partial charge on any atom is -0.448 e. The van der Waals surface area contributed by atoms with E-state index < -0.39 is 12.4 Å². The molecule has 8 heteroatoms. The van der Waals surface area contributed by atoms with Gasteiger partial charge in [0.15, 0.2) is 0 Å². The van der Waals surface area contributed by atoms with Crippen molar-refractivity contribution in [1.82, 2.24) is 9.80 Å². The number of hydrogen-bond donors (Lipinski definition) is 0. The third-order valence-corrected chi connectivity index (χ3v) is 4.77. The van der Waals surface area contributed by atoms with Gasteiger partial charge in [0.2, 0.25) is 0 Å². The van der Waals surface area contributed by atoms with Gasteiger partial charge in [0.05, 0.1) is 12.7 Å². The van der Waals surface area contributed by atoms with Crippen molar-refractivity contribution in [3.63, 3.8) is 0 Å². The zero-order valence-electron chi connectivity index (χ0n) is 13.9. The lowest BCUT2D eigenvalue weighted by molar-refractivity contribution is -0.222. The Morgan fingerprint density at radius 1 is 1.39 bits per heavy atom. The average molecular weight is 338 g/mol. The zero-order chi connectivity index (χ0) is 17.3. The molecule has 2 heterocycles. The summed E-state index contributed by atoms with van der Waals surface area (Å²) in [7, 11) is 0.674. The molecule has 0 unspecified atom stereocenters. The molecule has 0 spiro atoms. The van der Waals surface area contributed by atoms with Crippen molar-refractivity contribution in [2.75, 3.05) is 26.8 Å². The Bertz CT molecular complexity index is 431. The first-order valence-electron chi connectivity index (χ1n) is 8.01. The number of rotatable bonds is 5. The van der Waals surface area contributed by atoms with Gasteiger partial charge < -0.3 is 9.47 Å². The number of carbonyl (C=O) groups excluding carboxylic acids is 1. The molecular weight excluding hydrogens is 313 g/mol. The van der Waals surface area contributed by atoms with Crippen LogP contribution < -0.4 is 0 Å². The molecule has 2 aliphatic heterocycles. The molecule has 0 radical (unpaired) electrons. The Balaban J connectivity index is 1.89. The van der Waals surface area contributed by atoms with Crippen molar-refractivity contribution in [2.45, 2.75) is 63.5 Å². The second-order valence-electron chi connectivity index (χ2n) is 6.68. The fourth-order valence-corrected chi connectivity index (χ4v) is 3.48. The smallest absolute Gasteiger partial charge is 0.448 e. The zero-order valence-corrected chi connectivity index (χ0v) is 13.9. The molecule has 0 saturated carbocycles. The maximum Gasteiger partial charge on any atom is 0.489 e.